The third kappa shape index (κ3) is 6.51. The topological polar surface area (TPSA) is 185 Å². The average Bonchev–Trinajstić information content (AvgIpc) is 3.97. The number of methoxy groups -OCH3 is 1. The number of amides is 4. The van der Waals surface area contributed by atoms with Gasteiger partial charge < -0.3 is 24.8 Å². The van der Waals surface area contributed by atoms with Crippen molar-refractivity contribution < 1.29 is 42.2 Å². The molecule has 4 amide bonds. The van der Waals surface area contributed by atoms with E-state index in [0.717, 1.165) is 47.8 Å². The van der Waals surface area contributed by atoms with Crippen LogP contribution in [0.3, 0.4) is 0 Å². The summed E-state index contributed by atoms with van der Waals surface area (Å²) in [7, 11) is -2.38. The van der Waals surface area contributed by atoms with Crippen molar-refractivity contribution in [2.24, 2.45) is 11.8 Å². The van der Waals surface area contributed by atoms with E-state index < -0.39 is 73.6 Å². The van der Waals surface area contributed by atoms with E-state index in [-0.39, 0.29) is 24.9 Å². The summed E-state index contributed by atoms with van der Waals surface area (Å²) in [4.78, 5) is 65.0. The summed E-state index contributed by atoms with van der Waals surface area (Å²) >= 11 is 0. The van der Waals surface area contributed by atoms with E-state index in [9.17, 15) is 27.9 Å². The Morgan fingerprint density at radius 1 is 1.09 bits per heavy atom. The zero-order valence-corrected chi connectivity index (χ0v) is 33.7. The van der Waals surface area contributed by atoms with Crippen molar-refractivity contribution in [1.29, 1.82) is 0 Å². The number of allylic oxidation sites excluding steroid dienone is 1. The minimum atomic E-state index is -4.00. The molecule has 0 radical (unpaired) electrons. The number of pyridine rings is 1. The number of fused-ring (bicyclic) bond motifs is 5. The van der Waals surface area contributed by atoms with Gasteiger partial charge in [-0.2, -0.15) is 0 Å². The number of hydrogen-bond acceptors (Lipinski definition) is 9. The van der Waals surface area contributed by atoms with Crippen LogP contribution < -0.4 is 19.5 Å². The zero-order valence-electron chi connectivity index (χ0n) is 32.9. The fourth-order valence-corrected chi connectivity index (χ4v) is 11.0. The Labute approximate surface area is 333 Å². The molecule has 1 unspecified atom stereocenters. The second-order valence-electron chi connectivity index (χ2n) is 18.0. The molecule has 306 valence electrons. The number of aromatic nitrogens is 1. The van der Waals surface area contributed by atoms with Gasteiger partial charge >= 0.3 is 6.09 Å². The smallest absolute Gasteiger partial charge is 0.408 e. The van der Waals surface area contributed by atoms with Crippen LogP contribution >= 0.6 is 0 Å². The van der Waals surface area contributed by atoms with E-state index >= 15 is 4.79 Å². The molecule has 5 fully saturated rings. The maximum atomic E-state index is 15.1. The van der Waals surface area contributed by atoms with E-state index in [1.807, 2.05) is 37.3 Å². The molecule has 57 heavy (non-hydrogen) atoms. The molecule has 7 aliphatic rings. The number of carboxylic acid groups (broad SMARTS) is 1. The van der Waals surface area contributed by atoms with Crippen molar-refractivity contribution in [1.82, 2.24) is 24.8 Å². The first-order valence-electron chi connectivity index (χ1n) is 20.8. The summed E-state index contributed by atoms with van der Waals surface area (Å²) in [6.07, 6.45) is 11.3. The van der Waals surface area contributed by atoms with Crippen LogP contribution in [-0.2, 0) is 30.8 Å². The summed E-state index contributed by atoms with van der Waals surface area (Å²) < 4.78 is 40.6. The first-order valence-corrected chi connectivity index (χ1v) is 22.3. The largest absolute Gasteiger partial charge is 0.497 e. The lowest BCUT2D eigenvalue weighted by atomic mass is 9.80. The highest BCUT2D eigenvalue weighted by atomic mass is 32.2. The van der Waals surface area contributed by atoms with Gasteiger partial charge in [0.15, 0.2) is 0 Å². The standard InChI is InChI=1S/C42H53N5O9S/c1-24-34-36(48)44-42(38(50)45-57(53,54)40(2)19-20-40)22-26(42)9-7-5-4-6-8-10-32(47(39(51)52)27-13-14-27)37(49)46(34)23-41(24)18-17-30-29-16-15-28(55-3)21-31(29)43-33(25-11-12-25)35(30)56-41/h7,9,15-16,21,24-27,32,34H,4-6,8,10-14,17-20,22-23H2,1-3H3,(H,44,48)(H,45,50)(H,51,52)/b9-7-/t24?,26-,32+,34+,41+,42-/m1/s1. The molecule has 14 nitrogen and oxygen atoms in total. The van der Waals surface area contributed by atoms with Crippen molar-refractivity contribution >= 4 is 44.7 Å². The van der Waals surface area contributed by atoms with Crippen LogP contribution in [0, 0.1) is 11.8 Å². The Bertz CT molecular complexity index is 2180. The molecule has 0 bridgehead atoms. The lowest BCUT2D eigenvalue weighted by Crippen LogP contribution is -2.60. The molecule has 6 atom stereocenters. The van der Waals surface area contributed by atoms with Crippen molar-refractivity contribution in [2.45, 2.75) is 144 Å². The first kappa shape index (κ1) is 38.1. The van der Waals surface area contributed by atoms with Crippen LogP contribution in [0.4, 0.5) is 4.79 Å². The quantitative estimate of drug-likeness (QED) is 0.324. The van der Waals surface area contributed by atoms with Crippen molar-refractivity contribution in [3.05, 3.63) is 41.6 Å². The molecule has 3 aliphatic heterocycles. The SMILES string of the molecule is COc1ccc2c3c(c(C4CC4)nc2c1)O[C@@]1(CC3)CN2C(=O)[C@@H](N(C(=O)O)C3CC3)CCCCC/C=C\[C@@H]3C[C@@]3(C(=O)NS(=O)(=O)C3(C)CC3)NC(=O)[C@@H]2C1C. The predicted octanol–water partition coefficient (Wildman–Crippen LogP) is 4.94. The Balaban J connectivity index is 1.11. The van der Waals surface area contributed by atoms with Crippen LogP contribution in [0.1, 0.15) is 114 Å². The second kappa shape index (κ2) is 13.6. The molecule has 9 rings (SSSR count). The maximum Gasteiger partial charge on any atom is 0.408 e. The zero-order chi connectivity index (χ0) is 40.1. The molecule has 1 aromatic heterocycles. The van der Waals surface area contributed by atoms with Crippen LogP contribution in [-0.4, -0.2) is 99.8 Å². The molecule has 4 heterocycles. The van der Waals surface area contributed by atoms with Gasteiger partial charge in [0.05, 0.1) is 29.6 Å². The molecular formula is C42H53N5O9S. The van der Waals surface area contributed by atoms with E-state index in [0.29, 0.717) is 69.3 Å². The van der Waals surface area contributed by atoms with Crippen molar-refractivity contribution in [3.63, 3.8) is 0 Å². The van der Waals surface area contributed by atoms with Gasteiger partial charge in [-0.3, -0.25) is 24.0 Å². The molecule has 4 saturated carbocycles. The molecule has 1 saturated heterocycles. The fourth-order valence-electron chi connectivity index (χ4n) is 9.70. The van der Waals surface area contributed by atoms with Gasteiger partial charge in [-0.1, -0.05) is 31.9 Å². The van der Waals surface area contributed by atoms with Gasteiger partial charge in [0.25, 0.3) is 5.91 Å². The Kier molecular flexibility index (Phi) is 9.09. The van der Waals surface area contributed by atoms with Gasteiger partial charge in [-0.25, -0.2) is 18.2 Å². The monoisotopic (exact) mass is 803 g/mol. The summed E-state index contributed by atoms with van der Waals surface area (Å²) in [5, 5.41) is 14.4. The molecule has 1 aromatic carbocycles. The van der Waals surface area contributed by atoms with E-state index in [1.165, 1.54) is 9.80 Å². The first-order chi connectivity index (χ1) is 27.2. The lowest BCUT2D eigenvalue weighted by Gasteiger charge is -2.40. The van der Waals surface area contributed by atoms with Gasteiger partial charge in [-0.15, -0.1) is 0 Å². The van der Waals surface area contributed by atoms with E-state index in [4.69, 9.17) is 14.5 Å². The summed E-state index contributed by atoms with van der Waals surface area (Å²) in [6.45, 7) is 3.54. The van der Waals surface area contributed by atoms with E-state index in [2.05, 4.69) is 10.0 Å². The number of carbonyl (C=O) groups is 4. The Morgan fingerprint density at radius 2 is 1.86 bits per heavy atom. The average molecular weight is 804 g/mol. The number of carbonyl (C=O) groups excluding carboxylic acids is 3. The third-order valence-electron chi connectivity index (χ3n) is 14.1. The van der Waals surface area contributed by atoms with Gasteiger partial charge in [0, 0.05) is 40.8 Å². The molecular weight excluding hydrogens is 751 g/mol. The highest BCUT2D eigenvalue weighted by Crippen LogP contribution is 2.53. The fraction of sp³-hybridized carbons (Fsp3) is 0.643. The number of nitrogens with zero attached hydrogens (tertiary/aromatic N) is 3. The number of aryl methyl sites for hydroxylation is 1. The highest BCUT2D eigenvalue weighted by Gasteiger charge is 2.65. The normalized spacial score (nSPS) is 32.7. The summed E-state index contributed by atoms with van der Waals surface area (Å²) in [5.74, 6) is -1.23. The van der Waals surface area contributed by atoms with Crippen LogP contribution in [0.25, 0.3) is 10.9 Å². The number of rotatable bonds is 7. The van der Waals surface area contributed by atoms with Crippen LogP contribution in [0.15, 0.2) is 30.4 Å². The van der Waals surface area contributed by atoms with E-state index in [1.54, 1.807) is 14.0 Å². The van der Waals surface area contributed by atoms with Gasteiger partial charge in [-0.05, 0) is 96.1 Å². The predicted molar refractivity (Wildman–Crippen MR) is 209 cm³/mol. The second-order valence-corrected chi connectivity index (χ2v) is 20.2. The third-order valence-corrected chi connectivity index (χ3v) is 16.2. The number of nitrogens with one attached hydrogen (secondary N) is 2. The van der Waals surface area contributed by atoms with Crippen molar-refractivity contribution in [3.8, 4) is 11.5 Å². The van der Waals surface area contributed by atoms with Gasteiger partial charge in [0.1, 0.15) is 34.7 Å². The molecule has 1 spiro atoms. The lowest BCUT2D eigenvalue weighted by molar-refractivity contribution is -0.144. The Hall–Kier alpha value is -4.40. The Morgan fingerprint density at radius 3 is 2.54 bits per heavy atom. The molecule has 15 heteroatoms. The highest BCUT2D eigenvalue weighted by molar-refractivity contribution is 7.91. The number of benzene rings is 1. The van der Waals surface area contributed by atoms with Crippen molar-refractivity contribution in [2.75, 3.05) is 13.7 Å². The molecule has 4 aliphatic carbocycles. The summed E-state index contributed by atoms with van der Waals surface area (Å²) in [5.41, 5.74) is 0.152. The van der Waals surface area contributed by atoms with Crippen LogP contribution in [0.5, 0.6) is 11.5 Å². The molecule has 2 aromatic rings. The summed E-state index contributed by atoms with van der Waals surface area (Å²) in [6, 6.07) is 3.43. The minimum Gasteiger partial charge on any atom is -0.497 e. The maximum absolute atomic E-state index is 15.1. The number of sulfonamides is 1. The van der Waals surface area contributed by atoms with Gasteiger partial charge in [0.2, 0.25) is 21.8 Å². The minimum absolute atomic E-state index is 0.0408. The van der Waals surface area contributed by atoms with Crippen LogP contribution in [0.2, 0.25) is 0 Å². The number of ether oxygens (including phenoxy) is 2. The molecule has 3 N–H and O–H groups in total. The number of hydrogen-bond donors (Lipinski definition) is 3.